The van der Waals surface area contributed by atoms with Crippen LogP contribution >= 0.6 is 0 Å². The molecule has 1 fully saturated rings. The second-order valence-electron chi connectivity index (χ2n) is 8.64. The van der Waals surface area contributed by atoms with E-state index in [-0.39, 0.29) is 22.8 Å². The zero-order valence-electron chi connectivity index (χ0n) is 18.5. The summed E-state index contributed by atoms with van der Waals surface area (Å²) in [5.74, 6) is 0.524. The number of fused-ring (bicyclic) bond motifs is 1. The van der Waals surface area contributed by atoms with Crippen LogP contribution in [0.4, 0.5) is 0 Å². The van der Waals surface area contributed by atoms with Gasteiger partial charge in [0.05, 0.1) is 18.4 Å². The first kappa shape index (κ1) is 21.0. The van der Waals surface area contributed by atoms with Crippen LogP contribution in [-0.2, 0) is 14.3 Å². The van der Waals surface area contributed by atoms with Crippen molar-refractivity contribution in [1.29, 1.82) is 5.41 Å². The number of hydrogen-bond acceptors (Lipinski definition) is 4. The number of ketones is 1. The molecular formula is C26H28N2O3. The maximum absolute atomic E-state index is 13.2. The Morgan fingerprint density at radius 1 is 1.39 bits per heavy atom. The van der Waals surface area contributed by atoms with Crippen LogP contribution < -0.4 is 5.32 Å². The number of carbonyl (C=O) groups excluding carboxylic acids is 2. The summed E-state index contributed by atoms with van der Waals surface area (Å²) >= 11 is 0. The monoisotopic (exact) mass is 416 g/mol. The normalized spacial score (nSPS) is 27.0. The summed E-state index contributed by atoms with van der Waals surface area (Å²) in [6.45, 7) is 9.82. The summed E-state index contributed by atoms with van der Waals surface area (Å²) in [7, 11) is 1.53. The molecule has 31 heavy (non-hydrogen) atoms. The molecule has 4 aliphatic rings. The lowest BCUT2D eigenvalue weighted by Crippen LogP contribution is -2.35. The SMILES string of the molecule is C=C(/C=C\C1=C(C)C=C(C(=O)NC2=CC(=O)C3=C(C(C)=CC3)C23CC3CC)C1=N)OC. The van der Waals surface area contributed by atoms with Gasteiger partial charge >= 0.3 is 0 Å². The highest BCUT2D eigenvalue weighted by molar-refractivity contribution is 6.30. The van der Waals surface area contributed by atoms with Crippen LogP contribution in [0.15, 0.2) is 81.9 Å². The summed E-state index contributed by atoms with van der Waals surface area (Å²) in [6.07, 6.45) is 11.5. The standard InChI is InChI=1S/C26H28N2O3/c1-6-17-13-26(17)22(12-21(29)19-9-7-14(2)23(19)26)28-25(30)20-11-15(3)18(24(20)27)10-8-16(4)31-5/h7-8,10-12,17,27H,4,6,9,13H2,1-3,5H3,(H,28,30)/b10-8-,27-24?. The third-order valence-corrected chi connectivity index (χ3v) is 6.92. The van der Waals surface area contributed by atoms with Crippen molar-refractivity contribution in [3.8, 4) is 0 Å². The number of allylic oxidation sites excluding steroid dienone is 10. The lowest BCUT2D eigenvalue weighted by molar-refractivity contribution is -0.116. The highest BCUT2D eigenvalue weighted by Gasteiger charge is 2.61. The highest BCUT2D eigenvalue weighted by atomic mass is 16.5. The van der Waals surface area contributed by atoms with E-state index in [0.717, 1.165) is 35.1 Å². The first-order valence-corrected chi connectivity index (χ1v) is 10.7. The predicted molar refractivity (Wildman–Crippen MR) is 121 cm³/mol. The van der Waals surface area contributed by atoms with Gasteiger partial charge in [-0.15, -0.1) is 0 Å². The molecule has 0 bridgehead atoms. The van der Waals surface area contributed by atoms with Gasteiger partial charge in [0.1, 0.15) is 5.76 Å². The molecule has 1 spiro atoms. The van der Waals surface area contributed by atoms with E-state index < -0.39 is 0 Å². The maximum atomic E-state index is 13.2. The molecule has 0 heterocycles. The van der Waals surface area contributed by atoms with E-state index in [1.165, 1.54) is 7.11 Å². The van der Waals surface area contributed by atoms with Gasteiger partial charge in [-0.1, -0.05) is 31.6 Å². The molecular weight excluding hydrogens is 388 g/mol. The molecule has 0 saturated heterocycles. The minimum absolute atomic E-state index is 0.0164. The van der Waals surface area contributed by atoms with E-state index in [0.29, 0.717) is 34.9 Å². The van der Waals surface area contributed by atoms with E-state index >= 15 is 0 Å². The van der Waals surface area contributed by atoms with Gasteiger partial charge in [0, 0.05) is 28.3 Å². The van der Waals surface area contributed by atoms with Crippen LogP contribution in [0.1, 0.15) is 40.0 Å². The molecule has 5 nitrogen and oxygen atoms in total. The van der Waals surface area contributed by atoms with Crippen molar-refractivity contribution in [2.45, 2.75) is 40.0 Å². The van der Waals surface area contributed by atoms with Crippen molar-refractivity contribution in [2.75, 3.05) is 7.11 Å². The van der Waals surface area contributed by atoms with E-state index in [4.69, 9.17) is 10.1 Å². The van der Waals surface area contributed by atoms with Crippen LogP contribution in [0.2, 0.25) is 0 Å². The van der Waals surface area contributed by atoms with Crippen LogP contribution in [0, 0.1) is 16.7 Å². The number of rotatable bonds is 6. The number of hydrogen-bond donors (Lipinski definition) is 2. The highest BCUT2D eigenvalue weighted by Crippen LogP contribution is 2.67. The second kappa shape index (κ2) is 7.49. The maximum Gasteiger partial charge on any atom is 0.257 e. The first-order chi connectivity index (χ1) is 14.7. The van der Waals surface area contributed by atoms with E-state index in [2.05, 4.69) is 31.8 Å². The number of amides is 1. The lowest BCUT2D eigenvalue weighted by atomic mass is 9.78. The molecule has 1 amide bonds. The van der Waals surface area contributed by atoms with Crippen molar-refractivity contribution in [3.63, 3.8) is 0 Å². The average Bonchev–Trinajstić information content (AvgIpc) is 3.21. The summed E-state index contributed by atoms with van der Waals surface area (Å²) in [4.78, 5) is 26.0. The fraction of sp³-hybridized carbons (Fsp3) is 0.346. The fourth-order valence-corrected chi connectivity index (χ4v) is 5.17. The molecule has 4 rings (SSSR count). The summed E-state index contributed by atoms with van der Waals surface area (Å²) in [5, 5.41) is 11.5. The topological polar surface area (TPSA) is 79.3 Å². The number of ether oxygens (including phenoxy) is 1. The fourth-order valence-electron chi connectivity index (χ4n) is 5.17. The van der Waals surface area contributed by atoms with Crippen LogP contribution in [0.25, 0.3) is 0 Å². The molecule has 0 aromatic heterocycles. The third kappa shape index (κ3) is 3.19. The Bertz CT molecular complexity index is 1120. The predicted octanol–water partition coefficient (Wildman–Crippen LogP) is 4.62. The molecule has 4 aliphatic carbocycles. The van der Waals surface area contributed by atoms with Gasteiger partial charge in [-0.25, -0.2) is 0 Å². The zero-order valence-corrected chi connectivity index (χ0v) is 18.5. The minimum atomic E-state index is -0.345. The second-order valence-corrected chi connectivity index (χ2v) is 8.64. The van der Waals surface area contributed by atoms with Crippen LogP contribution in [0.3, 0.4) is 0 Å². The molecule has 2 N–H and O–H groups in total. The van der Waals surface area contributed by atoms with Crippen molar-refractivity contribution in [3.05, 3.63) is 81.9 Å². The van der Waals surface area contributed by atoms with Crippen molar-refractivity contribution in [1.82, 2.24) is 5.32 Å². The molecule has 1 saturated carbocycles. The van der Waals surface area contributed by atoms with Crippen LogP contribution in [0.5, 0.6) is 0 Å². The largest absolute Gasteiger partial charge is 0.497 e. The minimum Gasteiger partial charge on any atom is -0.497 e. The molecule has 160 valence electrons. The average molecular weight is 417 g/mol. The van der Waals surface area contributed by atoms with E-state index in [1.54, 1.807) is 24.3 Å². The Hall–Kier alpha value is -3.21. The quantitative estimate of drug-likeness (QED) is 0.490. The molecule has 2 unspecified atom stereocenters. The molecule has 2 atom stereocenters. The Morgan fingerprint density at radius 3 is 2.77 bits per heavy atom. The lowest BCUT2D eigenvalue weighted by Gasteiger charge is -2.29. The summed E-state index contributed by atoms with van der Waals surface area (Å²) in [6, 6.07) is 0. The molecule has 0 radical (unpaired) electrons. The Balaban J connectivity index is 1.58. The van der Waals surface area contributed by atoms with Gasteiger partial charge in [-0.05, 0) is 62.0 Å². The van der Waals surface area contributed by atoms with Gasteiger partial charge < -0.3 is 10.1 Å². The molecule has 0 aliphatic heterocycles. The van der Waals surface area contributed by atoms with Gasteiger partial charge in [0.25, 0.3) is 5.91 Å². The summed E-state index contributed by atoms with van der Waals surface area (Å²) in [5.41, 5.74) is 5.51. The first-order valence-electron chi connectivity index (χ1n) is 10.7. The summed E-state index contributed by atoms with van der Waals surface area (Å²) < 4.78 is 5.04. The Kier molecular flexibility index (Phi) is 5.08. The van der Waals surface area contributed by atoms with Crippen molar-refractivity contribution < 1.29 is 14.3 Å². The molecule has 0 aromatic carbocycles. The van der Waals surface area contributed by atoms with E-state index in [9.17, 15) is 9.59 Å². The van der Waals surface area contributed by atoms with Crippen molar-refractivity contribution >= 4 is 17.4 Å². The smallest absolute Gasteiger partial charge is 0.257 e. The zero-order chi connectivity index (χ0) is 22.5. The number of carbonyl (C=O) groups is 2. The van der Waals surface area contributed by atoms with Gasteiger partial charge in [-0.3, -0.25) is 15.0 Å². The van der Waals surface area contributed by atoms with Gasteiger partial charge in [0.15, 0.2) is 5.78 Å². The number of methoxy groups -OCH3 is 1. The van der Waals surface area contributed by atoms with E-state index in [1.807, 2.05) is 6.92 Å². The third-order valence-electron chi connectivity index (χ3n) is 6.92. The molecule has 0 aromatic rings. The van der Waals surface area contributed by atoms with Crippen LogP contribution in [-0.4, -0.2) is 24.5 Å². The van der Waals surface area contributed by atoms with Gasteiger partial charge in [-0.2, -0.15) is 0 Å². The van der Waals surface area contributed by atoms with Crippen molar-refractivity contribution in [2.24, 2.45) is 11.3 Å². The Labute approximate surface area is 183 Å². The molecule has 5 heteroatoms. The Morgan fingerprint density at radius 2 is 2.13 bits per heavy atom. The van der Waals surface area contributed by atoms with Gasteiger partial charge in [0.2, 0.25) is 0 Å². The number of nitrogens with one attached hydrogen (secondary N) is 2.